The van der Waals surface area contributed by atoms with Crippen LogP contribution >= 0.6 is 35.6 Å². The summed E-state index contributed by atoms with van der Waals surface area (Å²) in [4.78, 5) is 0. The van der Waals surface area contributed by atoms with Crippen molar-refractivity contribution in [2.75, 3.05) is 7.05 Å². The zero-order valence-electron chi connectivity index (χ0n) is 12.6. The van der Waals surface area contributed by atoms with Gasteiger partial charge in [0.2, 0.25) is 0 Å². The third kappa shape index (κ3) is 3.49. The van der Waals surface area contributed by atoms with Crippen molar-refractivity contribution in [2.24, 2.45) is 0 Å². The molecular weight excluding hydrogens is 351 g/mol. The molecule has 2 aromatic carbocycles. The number of fused-ring (bicyclic) bond motifs is 1. The van der Waals surface area contributed by atoms with Gasteiger partial charge in [0.05, 0.1) is 21.7 Å². The summed E-state index contributed by atoms with van der Waals surface area (Å²) >= 11 is 12.2. The van der Waals surface area contributed by atoms with E-state index < -0.39 is 0 Å². The lowest BCUT2D eigenvalue weighted by atomic mass is 9.76. The summed E-state index contributed by atoms with van der Waals surface area (Å²) in [5.41, 5.74) is 4.36. The molecule has 0 aliphatic heterocycles. The van der Waals surface area contributed by atoms with E-state index in [-0.39, 0.29) is 12.4 Å². The van der Waals surface area contributed by atoms with Crippen molar-refractivity contribution in [3.63, 3.8) is 0 Å². The Bertz CT molecular complexity index is 752. The number of hydrogen-bond acceptors (Lipinski definition) is 2. The Labute approximate surface area is 152 Å². The summed E-state index contributed by atoms with van der Waals surface area (Å²) in [6.45, 7) is 0. The van der Waals surface area contributed by atoms with Crippen molar-refractivity contribution < 1.29 is 0 Å². The number of halogens is 3. The lowest BCUT2D eigenvalue weighted by molar-refractivity contribution is 0.470. The fourth-order valence-corrected chi connectivity index (χ4v) is 3.59. The maximum atomic E-state index is 9.15. The van der Waals surface area contributed by atoms with Crippen LogP contribution in [0.25, 0.3) is 0 Å². The topological polar surface area (TPSA) is 35.8 Å². The van der Waals surface area contributed by atoms with Crippen LogP contribution in [0.2, 0.25) is 10.0 Å². The maximum Gasteiger partial charge on any atom is 0.0991 e. The molecule has 0 saturated carbocycles. The molecule has 2 aromatic rings. The quantitative estimate of drug-likeness (QED) is 0.763. The van der Waals surface area contributed by atoms with Crippen molar-refractivity contribution >= 4 is 35.6 Å². The van der Waals surface area contributed by atoms with Crippen LogP contribution in [0.15, 0.2) is 36.4 Å². The smallest absolute Gasteiger partial charge is 0.0991 e. The monoisotopic (exact) mass is 366 g/mol. The van der Waals surface area contributed by atoms with E-state index in [0.717, 1.165) is 12.8 Å². The molecule has 1 N–H and O–H groups in total. The molecule has 0 fully saturated rings. The highest BCUT2D eigenvalue weighted by atomic mass is 35.5. The first-order chi connectivity index (χ1) is 10.6. The fraction of sp³-hybridized carbons (Fsp3) is 0.278. The van der Waals surface area contributed by atoms with E-state index in [1.54, 1.807) is 0 Å². The highest BCUT2D eigenvalue weighted by molar-refractivity contribution is 6.42. The van der Waals surface area contributed by atoms with Crippen LogP contribution in [-0.2, 0) is 0 Å². The molecule has 0 heterocycles. The first kappa shape index (κ1) is 18.1. The summed E-state index contributed by atoms with van der Waals surface area (Å²) in [6.07, 6.45) is 2.08. The van der Waals surface area contributed by atoms with Crippen molar-refractivity contribution in [1.82, 2.24) is 5.32 Å². The van der Waals surface area contributed by atoms with E-state index in [0.29, 0.717) is 27.6 Å². The van der Waals surface area contributed by atoms with Gasteiger partial charge in [0.1, 0.15) is 0 Å². The Balaban J connectivity index is 0.00000192. The van der Waals surface area contributed by atoms with Crippen LogP contribution in [0.3, 0.4) is 0 Å². The Morgan fingerprint density at radius 1 is 1.04 bits per heavy atom. The number of rotatable bonds is 2. The predicted octanol–water partition coefficient (Wildman–Crippen LogP) is 5.47. The molecule has 0 radical (unpaired) electrons. The van der Waals surface area contributed by atoms with E-state index in [9.17, 15) is 0 Å². The van der Waals surface area contributed by atoms with Gasteiger partial charge in [0.25, 0.3) is 0 Å². The van der Waals surface area contributed by atoms with Gasteiger partial charge in [-0.25, -0.2) is 0 Å². The molecule has 0 bridgehead atoms. The lowest BCUT2D eigenvalue weighted by Crippen LogP contribution is -2.24. The minimum absolute atomic E-state index is 0. The first-order valence-electron chi connectivity index (χ1n) is 7.30. The van der Waals surface area contributed by atoms with Crippen molar-refractivity contribution in [1.29, 1.82) is 5.26 Å². The second-order valence-electron chi connectivity index (χ2n) is 5.60. The number of nitrogens with one attached hydrogen (secondary N) is 1. The molecule has 2 unspecified atom stereocenters. The summed E-state index contributed by atoms with van der Waals surface area (Å²) in [6, 6.07) is 14.3. The van der Waals surface area contributed by atoms with Crippen LogP contribution in [0.4, 0.5) is 0 Å². The molecule has 0 amide bonds. The van der Waals surface area contributed by atoms with Crippen molar-refractivity contribution in [2.45, 2.75) is 24.8 Å². The van der Waals surface area contributed by atoms with Gasteiger partial charge in [0, 0.05) is 12.0 Å². The van der Waals surface area contributed by atoms with Crippen LogP contribution in [0.5, 0.6) is 0 Å². The molecule has 2 nitrogen and oxygen atoms in total. The lowest BCUT2D eigenvalue weighted by Gasteiger charge is -2.32. The number of nitriles is 1. The van der Waals surface area contributed by atoms with E-state index in [2.05, 4.69) is 17.5 Å². The Kier molecular flexibility index (Phi) is 5.95. The summed E-state index contributed by atoms with van der Waals surface area (Å²) < 4.78 is 0. The molecule has 1 aliphatic rings. The molecule has 1 aliphatic carbocycles. The Morgan fingerprint density at radius 3 is 2.48 bits per heavy atom. The van der Waals surface area contributed by atoms with Gasteiger partial charge in [-0.2, -0.15) is 5.26 Å². The maximum absolute atomic E-state index is 9.15. The molecule has 0 aromatic heterocycles. The molecule has 23 heavy (non-hydrogen) atoms. The summed E-state index contributed by atoms with van der Waals surface area (Å²) in [5, 5.41) is 13.7. The molecule has 0 spiro atoms. The molecule has 2 atom stereocenters. The Hall–Kier alpha value is -1.24. The highest BCUT2D eigenvalue weighted by Gasteiger charge is 2.28. The van der Waals surface area contributed by atoms with Crippen LogP contribution in [0, 0.1) is 11.3 Å². The molecule has 0 saturated heterocycles. The van der Waals surface area contributed by atoms with Gasteiger partial charge < -0.3 is 5.32 Å². The minimum atomic E-state index is 0. The molecule has 120 valence electrons. The zero-order valence-corrected chi connectivity index (χ0v) is 15.0. The zero-order chi connectivity index (χ0) is 15.7. The number of benzene rings is 2. The predicted molar refractivity (Wildman–Crippen MR) is 97.7 cm³/mol. The third-order valence-corrected chi connectivity index (χ3v) is 5.14. The first-order valence-corrected chi connectivity index (χ1v) is 8.05. The molecule has 3 rings (SSSR count). The Morgan fingerprint density at radius 2 is 1.83 bits per heavy atom. The summed E-state index contributed by atoms with van der Waals surface area (Å²) in [7, 11) is 1.97. The highest BCUT2D eigenvalue weighted by Crippen LogP contribution is 2.42. The van der Waals surface area contributed by atoms with E-state index in [1.165, 1.54) is 16.7 Å². The second-order valence-corrected chi connectivity index (χ2v) is 6.41. The SMILES string of the molecule is CNC1CCC(c2ccc(Cl)c(Cl)c2)c2ccc(C#N)cc21.Cl. The van der Waals surface area contributed by atoms with E-state index in [4.69, 9.17) is 28.5 Å². The number of hydrogen-bond donors (Lipinski definition) is 1. The van der Waals surface area contributed by atoms with Crippen molar-refractivity contribution in [3.05, 3.63) is 68.7 Å². The number of nitrogens with zero attached hydrogens (tertiary/aromatic N) is 1. The van der Waals surface area contributed by atoms with Gasteiger partial charge >= 0.3 is 0 Å². The summed E-state index contributed by atoms with van der Waals surface area (Å²) in [5.74, 6) is 0.294. The van der Waals surface area contributed by atoms with Crippen LogP contribution < -0.4 is 5.32 Å². The second kappa shape index (κ2) is 7.55. The normalized spacial score (nSPS) is 19.4. The third-order valence-electron chi connectivity index (χ3n) is 4.41. The average Bonchev–Trinajstić information content (AvgIpc) is 2.55. The van der Waals surface area contributed by atoms with Crippen LogP contribution in [-0.4, -0.2) is 7.05 Å². The van der Waals surface area contributed by atoms with Gasteiger partial charge in [0.15, 0.2) is 0 Å². The average molecular weight is 368 g/mol. The molecule has 5 heteroatoms. The fourth-order valence-electron chi connectivity index (χ4n) is 3.28. The molecular formula is C18H17Cl3N2. The standard InChI is InChI=1S/C18H16Cl2N2.ClH/c1-22-18-7-5-13(12-3-6-16(19)17(20)9-12)14-4-2-11(10-21)8-15(14)18;/h2-4,6,8-9,13,18,22H,5,7H2,1H3;1H. The largest absolute Gasteiger partial charge is 0.313 e. The van der Waals surface area contributed by atoms with Crippen molar-refractivity contribution in [3.8, 4) is 6.07 Å². The van der Waals surface area contributed by atoms with Gasteiger partial charge in [-0.1, -0.05) is 35.3 Å². The van der Waals surface area contributed by atoms with E-state index >= 15 is 0 Å². The van der Waals surface area contributed by atoms with E-state index in [1.807, 2.05) is 37.4 Å². The minimum Gasteiger partial charge on any atom is -0.313 e. The van der Waals surface area contributed by atoms with Gasteiger partial charge in [-0.05, 0) is 60.8 Å². The van der Waals surface area contributed by atoms with Crippen LogP contribution in [0.1, 0.15) is 47.1 Å². The van der Waals surface area contributed by atoms with Gasteiger partial charge in [-0.3, -0.25) is 0 Å². The van der Waals surface area contributed by atoms with Gasteiger partial charge in [-0.15, -0.1) is 12.4 Å².